The molecule has 1 aromatic carbocycles. The Morgan fingerprint density at radius 3 is 2.70 bits per heavy atom. The number of nitrogens with one attached hydrogen (secondary N) is 1. The predicted octanol–water partition coefficient (Wildman–Crippen LogP) is 3.08. The Balaban J connectivity index is 2.19. The van der Waals surface area contributed by atoms with Crippen molar-refractivity contribution >= 4 is 12.0 Å². The molecule has 0 radical (unpaired) electrons. The van der Waals surface area contributed by atoms with Gasteiger partial charge in [0.25, 0.3) is 5.91 Å². The molecule has 6 nitrogen and oxygen atoms in total. The number of hydrogen-bond donors (Lipinski definition) is 1. The van der Waals surface area contributed by atoms with E-state index in [0.29, 0.717) is 43.1 Å². The normalized spacial score (nSPS) is 11.3. The largest absolute Gasteiger partial charge is 0.382 e. The molecular weight excluding hydrogens is 347 g/mol. The molecule has 0 spiro atoms. The fourth-order valence-corrected chi connectivity index (χ4v) is 2.61. The van der Waals surface area contributed by atoms with E-state index in [4.69, 9.17) is 4.74 Å². The van der Waals surface area contributed by atoms with Gasteiger partial charge < -0.3 is 10.1 Å². The van der Waals surface area contributed by atoms with Crippen LogP contribution in [0.5, 0.6) is 0 Å². The van der Waals surface area contributed by atoms with Crippen molar-refractivity contribution in [3.05, 3.63) is 52.6 Å². The second kappa shape index (κ2) is 9.64. The Bertz CT molecular complexity index is 863. The Kier molecular flexibility index (Phi) is 7.26. The van der Waals surface area contributed by atoms with E-state index in [9.17, 15) is 14.4 Å². The minimum absolute atomic E-state index is 0.0104. The van der Waals surface area contributed by atoms with Gasteiger partial charge in [0.1, 0.15) is 17.5 Å². The van der Waals surface area contributed by atoms with Crippen LogP contribution < -0.4 is 5.32 Å². The van der Waals surface area contributed by atoms with E-state index in [1.54, 1.807) is 23.7 Å². The van der Waals surface area contributed by atoms with Gasteiger partial charge in [-0.15, -0.1) is 0 Å². The van der Waals surface area contributed by atoms with Crippen molar-refractivity contribution < 1.29 is 13.9 Å². The average Bonchev–Trinajstić information content (AvgIpc) is 2.94. The van der Waals surface area contributed by atoms with Gasteiger partial charge in [0.15, 0.2) is 0 Å². The molecule has 142 valence electrons. The summed E-state index contributed by atoms with van der Waals surface area (Å²) in [5.41, 5.74) is 2.84. The van der Waals surface area contributed by atoms with Crippen molar-refractivity contribution in [1.82, 2.24) is 15.1 Å². The molecule has 0 aliphatic heterocycles. The van der Waals surface area contributed by atoms with Gasteiger partial charge in [-0.3, -0.25) is 4.79 Å². The quantitative estimate of drug-likeness (QED) is 0.440. The Hall–Kier alpha value is -2.98. The van der Waals surface area contributed by atoms with Gasteiger partial charge in [0.2, 0.25) is 0 Å². The molecule has 1 N–H and O–H groups in total. The van der Waals surface area contributed by atoms with Gasteiger partial charge in [-0.1, -0.05) is 0 Å². The SMILES string of the molecule is CCOCCCNC(=O)/C(C#N)=C\c1c(C)nn(-c2ccc(F)cc2)c1C. The smallest absolute Gasteiger partial charge is 0.261 e. The van der Waals surface area contributed by atoms with Crippen molar-refractivity contribution in [2.75, 3.05) is 19.8 Å². The minimum Gasteiger partial charge on any atom is -0.382 e. The highest BCUT2D eigenvalue weighted by Gasteiger charge is 2.15. The summed E-state index contributed by atoms with van der Waals surface area (Å²) in [7, 11) is 0. The third kappa shape index (κ3) is 5.25. The van der Waals surface area contributed by atoms with Crippen LogP contribution in [-0.4, -0.2) is 35.4 Å². The molecule has 1 heterocycles. The lowest BCUT2D eigenvalue weighted by Crippen LogP contribution is -2.26. The topological polar surface area (TPSA) is 79.9 Å². The fourth-order valence-electron chi connectivity index (χ4n) is 2.61. The molecule has 0 aliphatic carbocycles. The highest BCUT2D eigenvalue weighted by Crippen LogP contribution is 2.21. The summed E-state index contributed by atoms with van der Waals surface area (Å²) in [4.78, 5) is 12.2. The van der Waals surface area contributed by atoms with Gasteiger partial charge in [-0.25, -0.2) is 9.07 Å². The monoisotopic (exact) mass is 370 g/mol. The van der Waals surface area contributed by atoms with Crippen LogP contribution in [-0.2, 0) is 9.53 Å². The van der Waals surface area contributed by atoms with Gasteiger partial charge in [0.05, 0.1) is 11.4 Å². The van der Waals surface area contributed by atoms with Gasteiger partial charge in [0, 0.05) is 31.0 Å². The molecule has 0 atom stereocenters. The van der Waals surface area contributed by atoms with Gasteiger partial charge >= 0.3 is 0 Å². The van der Waals surface area contributed by atoms with Gasteiger partial charge in [-0.2, -0.15) is 10.4 Å². The summed E-state index contributed by atoms with van der Waals surface area (Å²) in [5.74, 6) is -0.754. The van der Waals surface area contributed by atoms with Crippen molar-refractivity contribution in [2.45, 2.75) is 27.2 Å². The first kappa shape index (κ1) is 20.3. The zero-order valence-corrected chi connectivity index (χ0v) is 15.8. The van der Waals surface area contributed by atoms with E-state index >= 15 is 0 Å². The van der Waals surface area contributed by atoms with Crippen LogP contribution in [0, 0.1) is 31.0 Å². The minimum atomic E-state index is -0.428. The summed E-state index contributed by atoms with van der Waals surface area (Å²) in [6.07, 6.45) is 2.22. The first-order valence-electron chi connectivity index (χ1n) is 8.77. The molecule has 0 bridgehead atoms. The molecule has 0 saturated heterocycles. The number of aromatic nitrogens is 2. The van der Waals surface area contributed by atoms with E-state index < -0.39 is 5.91 Å². The number of nitrogens with zero attached hydrogens (tertiary/aromatic N) is 3. The van der Waals surface area contributed by atoms with Crippen molar-refractivity contribution in [2.24, 2.45) is 0 Å². The Morgan fingerprint density at radius 1 is 1.37 bits per heavy atom. The summed E-state index contributed by atoms with van der Waals surface area (Å²) >= 11 is 0. The molecule has 0 unspecified atom stereocenters. The molecule has 0 fully saturated rings. The van der Waals surface area contributed by atoms with Crippen LogP contribution in [0.25, 0.3) is 11.8 Å². The maximum absolute atomic E-state index is 13.1. The molecule has 2 rings (SSSR count). The second-order valence-electron chi connectivity index (χ2n) is 5.95. The fraction of sp³-hybridized carbons (Fsp3) is 0.350. The lowest BCUT2D eigenvalue weighted by Gasteiger charge is -2.05. The highest BCUT2D eigenvalue weighted by atomic mass is 19.1. The number of hydrogen-bond acceptors (Lipinski definition) is 4. The molecule has 2 aromatic rings. The van der Waals surface area contributed by atoms with Crippen molar-refractivity contribution in [1.29, 1.82) is 5.26 Å². The van der Waals surface area contributed by atoms with Crippen LogP contribution in [0.4, 0.5) is 4.39 Å². The third-order valence-electron chi connectivity index (χ3n) is 4.03. The summed E-state index contributed by atoms with van der Waals surface area (Å²) < 4.78 is 20.0. The molecular formula is C20H23FN4O2. The van der Waals surface area contributed by atoms with E-state index in [1.807, 2.05) is 19.9 Å². The van der Waals surface area contributed by atoms with Gasteiger partial charge in [-0.05, 0) is 57.5 Å². The molecule has 0 aliphatic rings. The molecule has 1 aromatic heterocycles. The van der Waals surface area contributed by atoms with Crippen LogP contribution in [0.2, 0.25) is 0 Å². The number of rotatable bonds is 8. The van der Waals surface area contributed by atoms with Crippen LogP contribution in [0.15, 0.2) is 29.8 Å². The number of benzene rings is 1. The first-order valence-corrected chi connectivity index (χ1v) is 8.77. The number of carbonyl (C=O) groups is 1. The maximum atomic E-state index is 13.1. The number of amides is 1. The molecule has 1 amide bonds. The number of aryl methyl sites for hydroxylation is 1. The maximum Gasteiger partial charge on any atom is 0.261 e. The molecule has 27 heavy (non-hydrogen) atoms. The summed E-state index contributed by atoms with van der Waals surface area (Å²) in [5, 5.41) is 16.5. The average molecular weight is 370 g/mol. The Labute approximate surface area is 158 Å². The highest BCUT2D eigenvalue weighted by molar-refractivity contribution is 6.01. The number of nitriles is 1. The summed E-state index contributed by atoms with van der Waals surface area (Å²) in [6.45, 7) is 7.17. The van der Waals surface area contributed by atoms with E-state index in [0.717, 1.165) is 5.69 Å². The molecule has 7 heteroatoms. The lowest BCUT2D eigenvalue weighted by molar-refractivity contribution is -0.117. The molecule has 0 saturated carbocycles. The third-order valence-corrected chi connectivity index (χ3v) is 4.03. The number of ether oxygens (including phenoxy) is 1. The van der Waals surface area contributed by atoms with Crippen LogP contribution >= 0.6 is 0 Å². The Morgan fingerprint density at radius 2 is 2.07 bits per heavy atom. The van der Waals surface area contributed by atoms with Crippen molar-refractivity contribution in [3.63, 3.8) is 0 Å². The zero-order valence-electron chi connectivity index (χ0n) is 15.8. The summed E-state index contributed by atoms with van der Waals surface area (Å²) in [6, 6.07) is 7.91. The first-order chi connectivity index (χ1) is 13.0. The van der Waals surface area contributed by atoms with Crippen LogP contribution in [0.3, 0.4) is 0 Å². The van der Waals surface area contributed by atoms with Crippen LogP contribution in [0.1, 0.15) is 30.3 Å². The van der Waals surface area contributed by atoms with E-state index in [-0.39, 0.29) is 11.4 Å². The lowest BCUT2D eigenvalue weighted by atomic mass is 10.1. The zero-order chi connectivity index (χ0) is 19.8. The standard InChI is InChI=1S/C20H23FN4O2/c1-4-27-11-5-10-23-20(26)16(13-22)12-19-14(2)24-25(15(19)3)18-8-6-17(21)7-9-18/h6-9,12H,4-5,10-11H2,1-3H3,(H,23,26)/b16-12-. The number of halogens is 1. The predicted molar refractivity (Wildman–Crippen MR) is 101 cm³/mol. The van der Waals surface area contributed by atoms with E-state index in [2.05, 4.69) is 10.4 Å². The van der Waals surface area contributed by atoms with Crippen molar-refractivity contribution in [3.8, 4) is 11.8 Å². The second-order valence-corrected chi connectivity index (χ2v) is 5.95. The number of carbonyl (C=O) groups excluding carboxylic acids is 1. The van der Waals surface area contributed by atoms with E-state index in [1.165, 1.54) is 18.2 Å².